The lowest BCUT2D eigenvalue weighted by molar-refractivity contribution is -0.129. The zero-order chi connectivity index (χ0) is 32.9. The van der Waals surface area contributed by atoms with Crippen molar-refractivity contribution in [3.8, 4) is 0 Å². The number of amides is 2. The van der Waals surface area contributed by atoms with Gasteiger partial charge in [-0.15, -0.1) is 17.0 Å². The van der Waals surface area contributed by atoms with Gasteiger partial charge in [0.15, 0.2) is 0 Å². The number of pyridine rings is 2. The van der Waals surface area contributed by atoms with Crippen LogP contribution in [-0.4, -0.2) is 55.3 Å². The molecule has 0 aliphatic heterocycles. The van der Waals surface area contributed by atoms with E-state index in [1.165, 1.54) is 25.7 Å². The molecule has 0 aromatic carbocycles. The van der Waals surface area contributed by atoms with Gasteiger partial charge in [-0.05, 0) is 99.7 Å². The van der Waals surface area contributed by atoms with Crippen molar-refractivity contribution in [3.63, 3.8) is 0 Å². The zero-order valence-corrected chi connectivity index (χ0v) is 29.4. The molecule has 10 aliphatic rings. The second-order valence-corrected chi connectivity index (χ2v) is 16.5. The molecular weight excluding hydrogens is 684 g/mol. The quantitative estimate of drug-likeness (QED) is 0.246. The van der Waals surface area contributed by atoms with E-state index in [1.54, 1.807) is 12.4 Å². The van der Waals surface area contributed by atoms with Crippen molar-refractivity contribution in [2.45, 2.75) is 100 Å². The van der Waals surface area contributed by atoms with Gasteiger partial charge in [-0.2, -0.15) is 0 Å². The van der Waals surface area contributed by atoms with Crippen LogP contribution < -0.4 is 22.1 Å². The highest BCUT2D eigenvalue weighted by molar-refractivity contribution is 8.93. The second kappa shape index (κ2) is 11.9. The van der Waals surface area contributed by atoms with Gasteiger partial charge in [-0.25, -0.2) is 0 Å². The first-order valence-electron chi connectivity index (χ1n) is 18.0. The minimum Gasteiger partial charge on any atom is -0.390 e. The smallest absolute Gasteiger partial charge is 0.252 e. The number of hydrogen-bond acceptors (Lipinski definition) is 8. The molecule has 49 heavy (non-hydrogen) atoms. The van der Waals surface area contributed by atoms with Gasteiger partial charge in [0.2, 0.25) is 0 Å². The Labute approximate surface area is 297 Å². The molecule has 2 heterocycles. The lowest BCUT2D eigenvalue weighted by atomic mass is 9.52. The molecule has 11 heteroatoms. The lowest BCUT2D eigenvalue weighted by Gasteiger charge is -2.58. The van der Waals surface area contributed by atoms with Crippen LogP contribution in [0.25, 0.3) is 12.2 Å². The summed E-state index contributed by atoms with van der Waals surface area (Å²) in [5.74, 6) is 2.40. The first-order chi connectivity index (χ1) is 23.0. The van der Waals surface area contributed by atoms with Crippen LogP contribution >= 0.6 is 17.0 Å². The molecule has 8 fully saturated rings. The van der Waals surface area contributed by atoms with E-state index >= 15 is 0 Å². The third kappa shape index (κ3) is 5.60. The highest BCUT2D eigenvalue weighted by Crippen LogP contribution is 2.58. The number of nitrogens with zero attached hydrogens (tertiary/aromatic N) is 2. The van der Waals surface area contributed by atoms with Crippen molar-refractivity contribution < 1.29 is 19.8 Å². The summed E-state index contributed by atoms with van der Waals surface area (Å²) in [4.78, 5) is 32.6. The van der Waals surface area contributed by atoms with Crippen LogP contribution in [0.4, 0.5) is 11.4 Å². The summed E-state index contributed by atoms with van der Waals surface area (Å²) < 4.78 is 0. The van der Waals surface area contributed by atoms with Gasteiger partial charge >= 0.3 is 0 Å². The predicted molar refractivity (Wildman–Crippen MR) is 193 cm³/mol. The molecule has 8 saturated carbocycles. The molecule has 8 N–H and O–H groups in total. The van der Waals surface area contributed by atoms with Crippen LogP contribution in [0.2, 0.25) is 0 Å². The summed E-state index contributed by atoms with van der Waals surface area (Å²) in [7, 11) is 0. The fourth-order valence-corrected chi connectivity index (χ4v) is 11.8. The highest BCUT2D eigenvalue weighted by Gasteiger charge is 2.56. The molecule has 0 spiro atoms. The van der Waals surface area contributed by atoms with Crippen LogP contribution in [0.3, 0.4) is 0 Å². The first-order valence-corrected chi connectivity index (χ1v) is 18.0. The van der Waals surface area contributed by atoms with Gasteiger partial charge in [0.25, 0.3) is 11.8 Å². The van der Waals surface area contributed by atoms with E-state index < -0.39 is 23.0 Å². The number of primary amides is 2. The van der Waals surface area contributed by atoms with Crippen molar-refractivity contribution in [1.29, 1.82) is 0 Å². The number of fused-ring (bicyclic) bond motifs is 2. The molecule has 10 nitrogen and oxygen atoms in total. The fourth-order valence-electron chi connectivity index (χ4n) is 11.8. The molecular formula is C38H47BrN6O4. The summed E-state index contributed by atoms with van der Waals surface area (Å²) in [6, 6.07) is 0.640. The summed E-state index contributed by atoms with van der Waals surface area (Å²) in [5, 5.41) is 28.9. The van der Waals surface area contributed by atoms with Crippen LogP contribution in [0.15, 0.2) is 24.5 Å². The normalized spacial score (nSPS) is 37.6. The van der Waals surface area contributed by atoms with Crippen molar-refractivity contribution in [3.05, 3.63) is 58.2 Å². The Morgan fingerprint density at radius 1 is 0.653 bits per heavy atom. The van der Waals surface area contributed by atoms with E-state index in [-0.39, 0.29) is 17.0 Å². The second-order valence-electron chi connectivity index (χ2n) is 16.5. The minimum atomic E-state index is -0.443. The third-order valence-corrected chi connectivity index (χ3v) is 13.2. The molecule has 0 saturated heterocycles. The number of hydrogen-bond donors (Lipinski definition) is 6. The average Bonchev–Trinajstić information content (AvgIpc) is 3.69. The Morgan fingerprint density at radius 2 is 1.02 bits per heavy atom. The number of nitrogens with one attached hydrogen (secondary N) is 2. The van der Waals surface area contributed by atoms with Crippen molar-refractivity contribution in [2.24, 2.45) is 47.0 Å². The van der Waals surface area contributed by atoms with Crippen LogP contribution in [-0.2, 0) is 12.8 Å². The summed E-state index contributed by atoms with van der Waals surface area (Å²) in [6.07, 6.45) is 23.3. The monoisotopic (exact) mass is 730 g/mol. The van der Waals surface area contributed by atoms with Gasteiger partial charge in [0.1, 0.15) is 0 Å². The van der Waals surface area contributed by atoms with E-state index in [9.17, 15) is 19.8 Å². The van der Waals surface area contributed by atoms with Gasteiger partial charge in [-0.3, -0.25) is 19.6 Å². The molecule has 12 rings (SSSR count). The van der Waals surface area contributed by atoms with Gasteiger partial charge < -0.3 is 32.3 Å². The number of aromatic nitrogens is 2. The average molecular weight is 732 g/mol. The van der Waals surface area contributed by atoms with E-state index in [4.69, 9.17) is 11.5 Å². The van der Waals surface area contributed by atoms with Crippen LogP contribution in [0.1, 0.15) is 107 Å². The molecule has 6 unspecified atom stereocenters. The molecule has 2 aromatic rings. The number of halogens is 1. The zero-order valence-electron chi connectivity index (χ0n) is 27.7. The van der Waals surface area contributed by atoms with E-state index in [0.29, 0.717) is 58.7 Å². The molecule has 260 valence electrons. The van der Waals surface area contributed by atoms with E-state index in [0.717, 1.165) is 85.3 Å². The Bertz CT molecular complexity index is 1620. The maximum Gasteiger partial charge on any atom is 0.252 e. The summed E-state index contributed by atoms with van der Waals surface area (Å²) in [6.45, 7) is 0. The number of rotatable bonds is 6. The van der Waals surface area contributed by atoms with Crippen LogP contribution in [0.5, 0.6) is 0 Å². The largest absolute Gasteiger partial charge is 0.390 e. The topological polar surface area (TPSA) is 176 Å². The highest BCUT2D eigenvalue weighted by atomic mass is 79.9. The Kier molecular flexibility index (Phi) is 8.00. The molecule has 2 amide bonds. The number of allylic oxidation sites excluding steroid dienone is 2. The number of nitrogens with two attached hydrogens (primary N) is 2. The Hall–Kier alpha value is -3.28. The number of carbonyl (C=O) groups is 2. The molecule has 0 radical (unpaired) electrons. The summed E-state index contributed by atoms with van der Waals surface area (Å²) >= 11 is 0. The molecule has 10 atom stereocenters. The van der Waals surface area contributed by atoms with Crippen molar-refractivity contribution >= 4 is 52.3 Å². The van der Waals surface area contributed by atoms with Crippen molar-refractivity contribution in [1.82, 2.24) is 9.97 Å². The molecule has 8 bridgehead atoms. The number of aliphatic hydroxyl groups is 2. The standard InChI is InChI=1S/2C19H23N3O2.BrH/c2*20-18(23)14-9-21-15-3-1-2-13(15)17(14)22-16-11-4-10-5-12(16)8-19(24,6-10)7-11;/h2*1-2,9-12,16,24H,3-8H2,(H2,20,23)(H,21,22);1H/t2*10?,11-,12+,16?,19?;. The Morgan fingerprint density at radius 3 is 1.35 bits per heavy atom. The van der Waals surface area contributed by atoms with E-state index in [1.807, 2.05) is 12.2 Å². The predicted octanol–water partition coefficient (Wildman–Crippen LogP) is 4.78. The number of carbonyl (C=O) groups excluding carboxylic acids is 2. The van der Waals surface area contributed by atoms with Gasteiger partial charge in [0.05, 0.1) is 45.1 Å². The maximum atomic E-state index is 11.9. The molecule has 2 aromatic heterocycles. The fraction of sp³-hybridized carbons (Fsp3) is 0.579. The SMILES string of the molecule is Br.NC(=O)c1cnc2c(c1NC1[C@@H]3CC4C[C@H]1CC(O)(C4)C3)C=CC2.NC(=O)c1cnc2c(c1NC1[C@@H]3CC4C[C@H]1CC(O)(C4)C3)C=CC2. The summed E-state index contributed by atoms with van der Waals surface area (Å²) in [5.41, 5.74) is 17.0. The van der Waals surface area contributed by atoms with Crippen molar-refractivity contribution in [2.75, 3.05) is 10.6 Å². The van der Waals surface area contributed by atoms with Crippen LogP contribution in [0, 0.1) is 35.5 Å². The third-order valence-electron chi connectivity index (χ3n) is 13.2. The van der Waals surface area contributed by atoms with Gasteiger partial charge in [0, 0.05) is 48.4 Å². The first kappa shape index (κ1) is 32.9. The van der Waals surface area contributed by atoms with E-state index in [2.05, 4.69) is 32.8 Å². The number of anilines is 2. The lowest BCUT2D eigenvalue weighted by Crippen LogP contribution is -2.59. The Balaban J connectivity index is 0.000000139. The molecule has 10 aliphatic carbocycles. The van der Waals surface area contributed by atoms with Gasteiger partial charge in [-0.1, -0.05) is 24.3 Å². The minimum absolute atomic E-state index is 0. The maximum absolute atomic E-state index is 11.9.